The van der Waals surface area contributed by atoms with Gasteiger partial charge in [0.2, 0.25) is 0 Å². The summed E-state index contributed by atoms with van der Waals surface area (Å²) < 4.78 is 39.9. The molecule has 1 aromatic heterocycles. The first-order chi connectivity index (χ1) is 16.8. The lowest BCUT2D eigenvalue weighted by Gasteiger charge is -2.27. The Morgan fingerprint density at radius 3 is 2.20 bits per heavy atom. The Bertz CT molecular complexity index is 1160. The van der Waals surface area contributed by atoms with Gasteiger partial charge in [-0.3, -0.25) is 9.59 Å². The number of Topliss-reactive ketones (excluding diaryl/α,β-unsaturated/α-hetero) is 1. The third-order valence-electron chi connectivity index (χ3n) is 6.47. The van der Waals surface area contributed by atoms with E-state index in [-0.39, 0.29) is 23.1 Å². The van der Waals surface area contributed by atoms with Crippen molar-refractivity contribution in [3.05, 3.63) is 94.8 Å². The van der Waals surface area contributed by atoms with Gasteiger partial charge in [-0.05, 0) is 55.9 Å². The van der Waals surface area contributed by atoms with Crippen molar-refractivity contribution in [1.82, 2.24) is 15.5 Å². The Balaban J connectivity index is 1.30. The molecule has 35 heavy (non-hydrogen) atoms. The number of nitrogens with zero attached hydrogens (tertiary/aromatic N) is 2. The van der Waals surface area contributed by atoms with Gasteiger partial charge < -0.3 is 5.32 Å². The number of halogens is 3. The molecule has 0 saturated heterocycles. The fraction of sp³-hybridized carbons (Fsp3) is 0.333. The van der Waals surface area contributed by atoms with Gasteiger partial charge in [0, 0.05) is 23.9 Å². The van der Waals surface area contributed by atoms with Gasteiger partial charge >= 0.3 is 6.18 Å². The molecular formula is C27H26F3N3O2. The fourth-order valence-electron chi connectivity index (χ4n) is 4.55. The summed E-state index contributed by atoms with van der Waals surface area (Å²) in [7, 11) is 0. The molecule has 0 unspecified atom stereocenters. The highest BCUT2D eigenvalue weighted by molar-refractivity contribution is 5.99. The van der Waals surface area contributed by atoms with Gasteiger partial charge in [0.25, 0.3) is 5.91 Å². The van der Waals surface area contributed by atoms with Crippen molar-refractivity contribution in [2.75, 3.05) is 6.54 Å². The quantitative estimate of drug-likeness (QED) is 0.445. The topological polar surface area (TPSA) is 72.0 Å². The Morgan fingerprint density at radius 1 is 0.857 bits per heavy atom. The molecule has 3 aromatic rings. The summed E-state index contributed by atoms with van der Waals surface area (Å²) in [6.45, 7) is 0.488. The van der Waals surface area contributed by atoms with E-state index in [1.54, 1.807) is 12.1 Å². The summed E-state index contributed by atoms with van der Waals surface area (Å²) in [6, 6.07) is 18.2. The number of amides is 1. The van der Waals surface area contributed by atoms with E-state index in [2.05, 4.69) is 15.5 Å². The van der Waals surface area contributed by atoms with Crippen molar-refractivity contribution in [3.63, 3.8) is 0 Å². The van der Waals surface area contributed by atoms with Crippen LogP contribution in [0, 0.1) is 5.92 Å². The van der Waals surface area contributed by atoms with Gasteiger partial charge in [0.1, 0.15) is 0 Å². The molecule has 1 saturated carbocycles. The van der Waals surface area contributed by atoms with E-state index in [0.29, 0.717) is 38.6 Å². The molecule has 0 radical (unpaired) electrons. The molecule has 1 amide bonds. The van der Waals surface area contributed by atoms with Gasteiger partial charge in [-0.25, -0.2) is 0 Å². The van der Waals surface area contributed by atoms with E-state index >= 15 is 0 Å². The average Bonchev–Trinajstić information content (AvgIpc) is 2.88. The number of carbonyl (C=O) groups excluding carboxylic acids is 2. The Kier molecular flexibility index (Phi) is 7.58. The summed E-state index contributed by atoms with van der Waals surface area (Å²) in [5.74, 6) is -1.14. The number of hydrogen-bond acceptors (Lipinski definition) is 4. The minimum absolute atomic E-state index is 0.0552. The SMILES string of the molecule is O=C(NCCc1ccccc1)c1ccc(C2CCC(C(=O)c3ccccc3C(F)(F)F)CC2)nn1. The maximum Gasteiger partial charge on any atom is 0.417 e. The molecule has 0 atom stereocenters. The molecule has 0 aliphatic heterocycles. The van der Waals surface area contributed by atoms with Crippen molar-refractivity contribution in [3.8, 4) is 0 Å². The first-order valence-electron chi connectivity index (χ1n) is 11.7. The highest BCUT2D eigenvalue weighted by Crippen LogP contribution is 2.38. The van der Waals surface area contributed by atoms with Crippen molar-refractivity contribution in [2.45, 2.75) is 44.2 Å². The number of carbonyl (C=O) groups is 2. The van der Waals surface area contributed by atoms with Gasteiger partial charge in [-0.2, -0.15) is 18.3 Å². The monoisotopic (exact) mass is 481 g/mol. The smallest absolute Gasteiger partial charge is 0.350 e. The highest BCUT2D eigenvalue weighted by Gasteiger charge is 2.37. The lowest BCUT2D eigenvalue weighted by Crippen LogP contribution is -2.27. The second-order valence-electron chi connectivity index (χ2n) is 8.79. The molecule has 1 aliphatic rings. The van der Waals surface area contributed by atoms with Crippen LogP contribution in [-0.4, -0.2) is 28.4 Å². The number of aromatic nitrogens is 2. The molecule has 1 heterocycles. The molecule has 0 bridgehead atoms. The van der Waals surface area contributed by atoms with Crippen molar-refractivity contribution < 1.29 is 22.8 Å². The second-order valence-corrected chi connectivity index (χ2v) is 8.79. The molecule has 0 spiro atoms. The summed E-state index contributed by atoms with van der Waals surface area (Å²) >= 11 is 0. The van der Waals surface area contributed by atoms with E-state index in [1.165, 1.54) is 18.2 Å². The fourth-order valence-corrected chi connectivity index (χ4v) is 4.55. The van der Waals surface area contributed by atoms with E-state index in [4.69, 9.17) is 0 Å². The molecule has 2 aromatic carbocycles. The van der Waals surface area contributed by atoms with Crippen LogP contribution in [0.1, 0.15) is 69.3 Å². The van der Waals surface area contributed by atoms with Crippen LogP contribution in [0.25, 0.3) is 0 Å². The minimum atomic E-state index is -4.56. The lowest BCUT2D eigenvalue weighted by atomic mass is 9.77. The first kappa shape index (κ1) is 24.6. The standard InChI is InChI=1S/C27H26F3N3O2/c28-27(29,30)22-9-5-4-8-21(22)25(34)20-12-10-19(11-13-20)23-14-15-24(33-32-23)26(35)31-17-16-18-6-2-1-3-7-18/h1-9,14-15,19-20H,10-13,16-17H2,(H,31,35). The number of hydrogen-bond donors (Lipinski definition) is 1. The zero-order chi connectivity index (χ0) is 24.8. The highest BCUT2D eigenvalue weighted by atomic mass is 19.4. The van der Waals surface area contributed by atoms with Crippen molar-refractivity contribution >= 4 is 11.7 Å². The van der Waals surface area contributed by atoms with Crippen LogP contribution < -0.4 is 5.32 Å². The number of benzene rings is 2. The van der Waals surface area contributed by atoms with E-state index in [1.807, 2.05) is 30.3 Å². The molecule has 4 rings (SSSR count). The van der Waals surface area contributed by atoms with E-state index in [9.17, 15) is 22.8 Å². The van der Waals surface area contributed by atoms with Crippen LogP contribution in [0.2, 0.25) is 0 Å². The zero-order valence-electron chi connectivity index (χ0n) is 19.1. The minimum Gasteiger partial charge on any atom is -0.350 e. The zero-order valence-corrected chi connectivity index (χ0v) is 19.1. The summed E-state index contributed by atoms with van der Waals surface area (Å²) in [5.41, 5.74) is 0.952. The Labute approximate surface area is 201 Å². The Morgan fingerprint density at radius 2 is 1.54 bits per heavy atom. The van der Waals surface area contributed by atoms with Gasteiger partial charge in [-0.1, -0.05) is 48.5 Å². The first-order valence-corrected chi connectivity index (χ1v) is 11.7. The van der Waals surface area contributed by atoms with Crippen LogP contribution in [0.4, 0.5) is 13.2 Å². The molecule has 1 fully saturated rings. The van der Waals surface area contributed by atoms with Crippen molar-refractivity contribution in [2.24, 2.45) is 5.92 Å². The summed E-state index contributed by atoms with van der Waals surface area (Å²) in [6.07, 6.45) is -1.62. The third-order valence-corrected chi connectivity index (χ3v) is 6.47. The van der Waals surface area contributed by atoms with Gasteiger partial charge in [-0.15, -0.1) is 5.10 Å². The normalized spacial score (nSPS) is 18.1. The average molecular weight is 482 g/mol. The van der Waals surface area contributed by atoms with E-state index in [0.717, 1.165) is 17.3 Å². The predicted octanol–water partition coefficient (Wildman–Crippen LogP) is 5.62. The number of alkyl halides is 3. The predicted molar refractivity (Wildman–Crippen MR) is 125 cm³/mol. The largest absolute Gasteiger partial charge is 0.417 e. The third kappa shape index (κ3) is 6.12. The molecule has 1 N–H and O–H groups in total. The van der Waals surface area contributed by atoms with Crippen LogP contribution in [0.15, 0.2) is 66.7 Å². The maximum absolute atomic E-state index is 13.3. The Hall–Kier alpha value is -3.55. The molecule has 8 heteroatoms. The maximum atomic E-state index is 13.3. The lowest BCUT2D eigenvalue weighted by molar-refractivity contribution is -0.138. The molecule has 1 aliphatic carbocycles. The molecule has 182 valence electrons. The second kappa shape index (κ2) is 10.8. The molecular weight excluding hydrogens is 455 g/mol. The summed E-state index contributed by atoms with van der Waals surface area (Å²) in [5, 5.41) is 11.1. The van der Waals surface area contributed by atoms with E-state index < -0.39 is 23.4 Å². The molecule has 5 nitrogen and oxygen atoms in total. The number of ketones is 1. The van der Waals surface area contributed by atoms with Crippen LogP contribution in [0.3, 0.4) is 0 Å². The number of rotatable bonds is 7. The van der Waals surface area contributed by atoms with Crippen LogP contribution in [-0.2, 0) is 12.6 Å². The van der Waals surface area contributed by atoms with Crippen LogP contribution in [0.5, 0.6) is 0 Å². The van der Waals surface area contributed by atoms with Gasteiger partial charge in [0.05, 0.1) is 11.3 Å². The number of nitrogens with one attached hydrogen (secondary N) is 1. The van der Waals surface area contributed by atoms with Gasteiger partial charge in [0.15, 0.2) is 11.5 Å². The van der Waals surface area contributed by atoms with Crippen molar-refractivity contribution in [1.29, 1.82) is 0 Å². The van der Waals surface area contributed by atoms with Crippen LogP contribution >= 0.6 is 0 Å². The summed E-state index contributed by atoms with van der Waals surface area (Å²) in [4.78, 5) is 25.2.